The molecule has 0 unspecified atom stereocenters. The minimum absolute atomic E-state index is 0.904. The molecular weight excluding hydrogens is 408 g/mol. The van der Waals surface area contributed by atoms with Gasteiger partial charge in [-0.25, -0.2) is 15.0 Å². The first-order chi connectivity index (χ1) is 16.3. The van der Waals surface area contributed by atoms with Gasteiger partial charge >= 0.3 is 0 Å². The van der Waals surface area contributed by atoms with Crippen LogP contribution >= 0.6 is 0 Å². The molecule has 0 amide bonds. The zero-order chi connectivity index (χ0) is 21.8. The van der Waals surface area contributed by atoms with Crippen LogP contribution in [0.25, 0.3) is 0 Å². The molecule has 5 N–H and O–H groups in total. The number of dihydropyridines is 3. The summed E-state index contributed by atoms with van der Waals surface area (Å²) in [7, 11) is 0. The normalized spacial score (nSPS) is 23.3. The predicted molar refractivity (Wildman–Crippen MR) is 129 cm³/mol. The van der Waals surface area contributed by atoms with Crippen molar-refractivity contribution in [3.63, 3.8) is 0 Å². The fraction of sp³-hybridized carbons (Fsp3) is 0. The molecule has 0 saturated carbocycles. The number of hydrogen-bond acceptors (Lipinski definition) is 4. The highest BCUT2D eigenvalue weighted by Gasteiger charge is 2.27. The van der Waals surface area contributed by atoms with Crippen molar-refractivity contribution in [1.82, 2.24) is 16.0 Å². The molecule has 7 aliphatic rings. The van der Waals surface area contributed by atoms with E-state index in [0.717, 1.165) is 68.4 Å². The topological polar surface area (TPSA) is 76.4 Å². The van der Waals surface area contributed by atoms with Gasteiger partial charge in [0.15, 0.2) is 0 Å². The maximum absolute atomic E-state index is 4.89. The first-order valence-corrected chi connectivity index (χ1v) is 10.9. The second kappa shape index (κ2) is 6.90. The van der Waals surface area contributed by atoms with Crippen LogP contribution in [0.3, 0.4) is 0 Å². The minimum atomic E-state index is 0.904. The Morgan fingerprint density at radius 3 is 1.73 bits per heavy atom. The van der Waals surface area contributed by atoms with Crippen molar-refractivity contribution in [2.45, 2.75) is 0 Å². The van der Waals surface area contributed by atoms with Crippen molar-refractivity contribution in [1.29, 1.82) is 0 Å². The number of nitrogens with one attached hydrogen (secondary N) is 5. The van der Waals surface area contributed by atoms with E-state index in [1.807, 2.05) is 12.2 Å². The zero-order valence-electron chi connectivity index (χ0n) is 17.6. The summed E-state index contributed by atoms with van der Waals surface area (Å²) in [5.41, 5.74) is 11.9. The van der Waals surface area contributed by atoms with Crippen LogP contribution in [0.1, 0.15) is 0 Å². The molecule has 12 bridgehead atoms. The Kier molecular flexibility index (Phi) is 3.75. The maximum Gasteiger partial charge on any atom is 0.228 e. The summed E-state index contributed by atoms with van der Waals surface area (Å²) in [6.07, 6.45) is 31.0. The SMILES string of the molecule is C1=CC2=C3C=CC(=N3)C3=CC=CC(=C4C=CC(=[NH+]4)C4=CC=CC(=C5C=CC(=[NH+]5)C(=C1)N2)N4)N3. The minimum Gasteiger partial charge on any atom is -0.348 e. The number of fused-ring (bicyclic) bond motifs is 12. The third-order valence-corrected chi connectivity index (χ3v) is 6.11. The Morgan fingerprint density at radius 1 is 0.515 bits per heavy atom. The van der Waals surface area contributed by atoms with E-state index in [9.17, 15) is 0 Å². The Balaban J connectivity index is 1.39. The van der Waals surface area contributed by atoms with E-state index in [2.05, 4.69) is 105 Å². The van der Waals surface area contributed by atoms with Gasteiger partial charge in [0, 0.05) is 24.3 Å². The molecule has 6 heteroatoms. The molecule has 0 radical (unpaired) electrons. The molecule has 0 aromatic rings. The third-order valence-electron chi connectivity index (χ3n) is 6.11. The first-order valence-electron chi connectivity index (χ1n) is 10.9. The molecule has 0 aromatic carbocycles. The molecule has 7 rings (SSSR count). The van der Waals surface area contributed by atoms with Crippen LogP contribution in [-0.4, -0.2) is 17.1 Å². The molecular formula is C27H20N6+2. The first kappa shape index (κ1) is 17.9. The van der Waals surface area contributed by atoms with Gasteiger partial charge in [0.2, 0.25) is 22.8 Å². The number of hydrogen-bond donors (Lipinski definition) is 5. The average Bonchev–Trinajstić information content (AvgIpc) is 3.65. The van der Waals surface area contributed by atoms with E-state index in [1.165, 1.54) is 0 Å². The summed E-state index contributed by atoms with van der Waals surface area (Å²) in [4.78, 5) is 12.0. The van der Waals surface area contributed by atoms with Crippen LogP contribution in [0.15, 0.2) is 147 Å². The van der Waals surface area contributed by atoms with Gasteiger partial charge in [-0.05, 0) is 48.6 Å². The summed E-state index contributed by atoms with van der Waals surface area (Å²) in [5.74, 6) is 0. The highest BCUT2D eigenvalue weighted by molar-refractivity contribution is 6.11. The number of aliphatic imine (C=N–C) groups is 1. The fourth-order valence-electron chi connectivity index (χ4n) is 4.42. The van der Waals surface area contributed by atoms with Gasteiger partial charge in [-0.3, -0.25) is 0 Å². The van der Waals surface area contributed by atoms with Gasteiger partial charge in [-0.2, -0.15) is 0 Å². The summed E-state index contributed by atoms with van der Waals surface area (Å²) < 4.78 is 0. The van der Waals surface area contributed by atoms with Crippen molar-refractivity contribution in [2.75, 3.05) is 0 Å². The van der Waals surface area contributed by atoms with Gasteiger partial charge in [-0.15, -0.1) is 0 Å². The summed E-state index contributed by atoms with van der Waals surface area (Å²) in [5, 5.41) is 10.6. The van der Waals surface area contributed by atoms with E-state index in [4.69, 9.17) is 4.99 Å². The Hall–Kier alpha value is -4.71. The fourth-order valence-corrected chi connectivity index (χ4v) is 4.42. The summed E-state index contributed by atoms with van der Waals surface area (Å²) >= 11 is 0. The lowest BCUT2D eigenvalue weighted by Gasteiger charge is -2.15. The molecule has 0 atom stereocenters. The molecule has 6 nitrogen and oxygen atoms in total. The van der Waals surface area contributed by atoms with Crippen molar-refractivity contribution in [3.8, 4) is 0 Å². The van der Waals surface area contributed by atoms with Crippen LogP contribution in [0.5, 0.6) is 0 Å². The van der Waals surface area contributed by atoms with Crippen LogP contribution in [0.2, 0.25) is 0 Å². The second-order valence-electron chi connectivity index (χ2n) is 8.22. The van der Waals surface area contributed by atoms with Gasteiger partial charge < -0.3 is 16.0 Å². The number of allylic oxidation sites excluding steroid dienone is 15. The van der Waals surface area contributed by atoms with Crippen LogP contribution < -0.4 is 25.9 Å². The highest BCUT2D eigenvalue weighted by atomic mass is 15.0. The third kappa shape index (κ3) is 3.00. The van der Waals surface area contributed by atoms with E-state index in [1.54, 1.807) is 0 Å². The van der Waals surface area contributed by atoms with Gasteiger partial charge in [0.25, 0.3) is 0 Å². The lowest BCUT2D eigenvalue weighted by atomic mass is 10.1. The van der Waals surface area contributed by atoms with Crippen molar-refractivity contribution in [3.05, 3.63) is 142 Å². The van der Waals surface area contributed by atoms with Crippen LogP contribution in [0.4, 0.5) is 0 Å². The van der Waals surface area contributed by atoms with Gasteiger partial charge in [-0.1, -0.05) is 18.2 Å². The van der Waals surface area contributed by atoms with E-state index < -0.39 is 0 Å². The lowest BCUT2D eigenvalue weighted by molar-refractivity contribution is -0.387. The largest absolute Gasteiger partial charge is 0.348 e. The maximum atomic E-state index is 4.89. The van der Waals surface area contributed by atoms with E-state index in [-0.39, 0.29) is 0 Å². The van der Waals surface area contributed by atoms with E-state index in [0.29, 0.717) is 0 Å². The molecule has 0 fully saturated rings. The van der Waals surface area contributed by atoms with Gasteiger partial charge in [0.1, 0.15) is 22.8 Å². The van der Waals surface area contributed by atoms with Crippen LogP contribution in [0, 0.1) is 0 Å². The molecule has 0 aromatic heterocycles. The number of nitrogens with zero attached hydrogens (tertiary/aromatic N) is 1. The molecule has 156 valence electrons. The number of rotatable bonds is 0. The Morgan fingerprint density at radius 2 is 1.06 bits per heavy atom. The molecule has 33 heavy (non-hydrogen) atoms. The molecule has 7 heterocycles. The Labute approximate surface area is 190 Å². The smallest absolute Gasteiger partial charge is 0.228 e. The molecule has 0 aliphatic carbocycles. The molecule has 0 saturated heterocycles. The average molecular weight is 428 g/mol. The molecule has 0 spiro atoms. The highest BCUT2D eigenvalue weighted by Crippen LogP contribution is 2.22. The van der Waals surface area contributed by atoms with Gasteiger partial charge in [0.05, 0.1) is 22.8 Å². The Bertz CT molecular complexity index is 1320. The van der Waals surface area contributed by atoms with Crippen molar-refractivity contribution >= 4 is 17.1 Å². The van der Waals surface area contributed by atoms with Crippen LogP contribution in [-0.2, 0) is 0 Å². The molecule has 7 aliphatic heterocycles. The van der Waals surface area contributed by atoms with Crippen molar-refractivity contribution in [2.24, 2.45) is 4.99 Å². The standard InChI is InChI=1S/C27H18N6/c1-4-16-22-10-12-24(31-22)18-6-2-8-20(29-18)26-14-15-27(33-26)21-9-3-7-19(30-21)25-13-11-23(32-25)17(5-1)28-16/h1-15,28-30H/p+2. The monoisotopic (exact) mass is 428 g/mol. The van der Waals surface area contributed by atoms with E-state index >= 15 is 0 Å². The summed E-state index contributed by atoms with van der Waals surface area (Å²) in [6, 6.07) is 0. The summed E-state index contributed by atoms with van der Waals surface area (Å²) in [6.45, 7) is 0. The second-order valence-corrected chi connectivity index (χ2v) is 8.22. The lowest BCUT2D eigenvalue weighted by Crippen LogP contribution is -2.70. The van der Waals surface area contributed by atoms with Crippen molar-refractivity contribution < 1.29 is 9.98 Å². The quantitative estimate of drug-likeness (QED) is 0.352. The predicted octanol–water partition coefficient (Wildman–Crippen LogP) is -0.0417. The zero-order valence-corrected chi connectivity index (χ0v) is 17.6.